The Morgan fingerprint density at radius 3 is 2.15 bits per heavy atom. The van der Waals surface area contributed by atoms with Crippen LogP contribution in [0.1, 0.15) is 11.1 Å². The number of sulfonamides is 2. The molecule has 1 amide bonds. The zero-order chi connectivity index (χ0) is 24.1. The van der Waals surface area contributed by atoms with Crippen molar-refractivity contribution in [3.63, 3.8) is 0 Å². The average Bonchev–Trinajstić information content (AvgIpc) is 2.77. The number of aryl methyl sites for hydroxylation is 1. The van der Waals surface area contributed by atoms with Crippen LogP contribution in [0.4, 0.5) is 5.69 Å². The molecule has 3 aromatic carbocycles. The number of carbonyl (C=O) groups excluding carboxylic acids is 1. The predicted molar refractivity (Wildman–Crippen MR) is 124 cm³/mol. The molecule has 11 heteroatoms. The van der Waals surface area contributed by atoms with Gasteiger partial charge in [0.1, 0.15) is 5.75 Å². The maximum absolute atomic E-state index is 12.6. The van der Waals surface area contributed by atoms with E-state index in [0.717, 1.165) is 0 Å². The van der Waals surface area contributed by atoms with Crippen LogP contribution in [0, 0.1) is 6.92 Å². The van der Waals surface area contributed by atoms with Gasteiger partial charge in [0.25, 0.3) is 15.9 Å². The summed E-state index contributed by atoms with van der Waals surface area (Å²) in [5, 5.41) is 7.71. The number of carbonyl (C=O) groups is 1. The number of ether oxygens (including phenoxy) is 1. The van der Waals surface area contributed by atoms with Crippen LogP contribution in [0.15, 0.2) is 82.6 Å². The second-order valence-electron chi connectivity index (χ2n) is 7.15. The van der Waals surface area contributed by atoms with Gasteiger partial charge in [-0.3, -0.25) is 9.52 Å². The Morgan fingerprint density at radius 1 is 0.909 bits per heavy atom. The van der Waals surface area contributed by atoms with Crippen LogP contribution in [0.2, 0.25) is 0 Å². The number of nitrogens with two attached hydrogens (primary N) is 1. The Balaban J connectivity index is 1.55. The number of benzene rings is 3. The molecule has 3 aromatic rings. The summed E-state index contributed by atoms with van der Waals surface area (Å²) in [5.74, 6) is -0.0197. The van der Waals surface area contributed by atoms with Crippen LogP contribution in [0.25, 0.3) is 0 Å². The molecule has 0 saturated carbocycles. The van der Waals surface area contributed by atoms with E-state index < -0.39 is 26.0 Å². The number of para-hydroxylation sites is 1. The Labute approximate surface area is 192 Å². The Hall–Kier alpha value is -3.41. The van der Waals surface area contributed by atoms with Crippen LogP contribution in [-0.4, -0.2) is 29.3 Å². The van der Waals surface area contributed by atoms with Crippen molar-refractivity contribution < 1.29 is 26.4 Å². The molecule has 0 aromatic heterocycles. The van der Waals surface area contributed by atoms with Gasteiger partial charge >= 0.3 is 0 Å². The Morgan fingerprint density at radius 2 is 1.55 bits per heavy atom. The minimum atomic E-state index is -3.77. The molecule has 0 aliphatic rings. The molecule has 0 bridgehead atoms. The molecule has 9 nitrogen and oxygen atoms in total. The summed E-state index contributed by atoms with van der Waals surface area (Å²) in [6.07, 6.45) is 0. The highest BCUT2D eigenvalue weighted by Crippen LogP contribution is 2.23. The lowest BCUT2D eigenvalue weighted by atomic mass is 10.2. The van der Waals surface area contributed by atoms with E-state index in [9.17, 15) is 21.6 Å². The molecule has 4 N–H and O–H groups in total. The number of primary sulfonamides is 1. The normalized spacial score (nSPS) is 11.6. The first-order chi connectivity index (χ1) is 15.5. The first kappa shape index (κ1) is 24.2. The standard InChI is InChI=1S/C22H23N3O6S2/c1-16-13-20(33(29,30)25-18-5-3-2-4-6-18)11-12-21(16)31-15-22(26)24-14-17-7-9-19(10-8-17)32(23,27)28/h2-13,25H,14-15H2,1H3,(H,24,26)(H2,23,27,28). The van der Waals surface area contributed by atoms with Crippen LogP contribution in [0.3, 0.4) is 0 Å². The molecule has 3 rings (SSSR count). The molecular formula is C22H23N3O6S2. The van der Waals surface area contributed by atoms with Crippen LogP contribution in [0.5, 0.6) is 5.75 Å². The van der Waals surface area contributed by atoms with E-state index in [2.05, 4.69) is 10.0 Å². The maximum Gasteiger partial charge on any atom is 0.261 e. The van der Waals surface area contributed by atoms with E-state index in [1.807, 2.05) is 0 Å². The lowest BCUT2D eigenvalue weighted by Gasteiger charge is -2.12. The van der Waals surface area contributed by atoms with Crippen molar-refractivity contribution in [2.75, 3.05) is 11.3 Å². The zero-order valence-corrected chi connectivity index (χ0v) is 19.3. The molecule has 0 saturated heterocycles. The van der Waals surface area contributed by atoms with Gasteiger partial charge in [0.2, 0.25) is 10.0 Å². The van der Waals surface area contributed by atoms with Crippen LogP contribution in [-0.2, 0) is 31.4 Å². The Kier molecular flexibility index (Phi) is 7.36. The van der Waals surface area contributed by atoms with Gasteiger partial charge < -0.3 is 10.1 Å². The number of hydrogen-bond acceptors (Lipinski definition) is 6. The monoisotopic (exact) mass is 489 g/mol. The van der Waals surface area contributed by atoms with Crippen molar-refractivity contribution in [1.29, 1.82) is 0 Å². The highest BCUT2D eigenvalue weighted by molar-refractivity contribution is 7.92. The van der Waals surface area contributed by atoms with Crippen LogP contribution >= 0.6 is 0 Å². The molecule has 33 heavy (non-hydrogen) atoms. The van der Waals surface area contributed by atoms with E-state index in [-0.39, 0.29) is 22.9 Å². The molecule has 0 fully saturated rings. The number of rotatable bonds is 9. The van der Waals surface area contributed by atoms with Crippen molar-refractivity contribution in [3.05, 3.63) is 83.9 Å². The summed E-state index contributed by atoms with van der Waals surface area (Å²) in [6.45, 7) is 1.58. The molecule has 0 heterocycles. The van der Waals surface area contributed by atoms with E-state index in [1.165, 1.54) is 30.3 Å². The fourth-order valence-electron chi connectivity index (χ4n) is 2.86. The molecule has 0 atom stereocenters. The summed E-state index contributed by atoms with van der Waals surface area (Å²) in [7, 11) is -7.54. The topological polar surface area (TPSA) is 145 Å². The van der Waals surface area contributed by atoms with Crippen molar-refractivity contribution in [2.45, 2.75) is 23.3 Å². The minimum Gasteiger partial charge on any atom is -0.484 e. The number of nitrogens with one attached hydrogen (secondary N) is 2. The van der Waals surface area contributed by atoms with Gasteiger partial charge in [-0.15, -0.1) is 0 Å². The SMILES string of the molecule is Cc1cc(S(=O)(=O)Nc2ccccc2)ccc1OCC(=O)NCc1ccc(S(N)(=O)=O)cc1. The van der Waals surface area contributed by atoms with E-state index >= 15 is 0 Å². The summed E-state index contributed by atoms with van der Waals surface area (Å²) in [5.41, 5.74) is 1.69. The van der Waals surface area contributed by atoms with Gasteiger partial charge in [-0.05, 0) is 60.5 Å². The third-order valence-corrected chi connectivity index (χ3v) is 6.89. The lowest BCUT2D eigenvalue weighted by Crippen LogP contribution is -2.28. The van der Waals surface area contributed by atoms with Crippen molar-refractivity contribution in [1.82, 2.24) is 5.32 Å². The predicted octanol–water partition coefficient (Wildman–Crippen LogP) is 2.14. The highest BCUT2D eigenvalue weighted by Gasteiger charge is 2.16. The van der Waals surface area contributed by atoms with Crippen molar-refractivity contribution in [3.8, 4) is 5.75 Å². The van der Waals surface area contributed by atoms with E-state index in [0.29, 0.717) is 22.6 Å². The highest BCUT2D eigenvalue weighted by atomic mass is 32.2. The largest absolute Gasteiger partial charge is 0.484 e. The van der Waals surface area contributed by atoms with Gasteiger partial charge in [0.15, 0.2) is 6.61 Å². The van der Waals surface area contributed by atoms with Gasteiger partial charge in [0, 0.05) is 12.2 Å². The summed E-state index contributed by atoms with van der Waals surface area (Å²) in [4.78, 5) is 12.2. The first-order valence-corrected chi connectivity index (χ1v) is 12.8. The molecule has 0 unspecified atom stereocenters. The number of amides is 1. The molecule has 0 spiro atoms. The Bertz CT molecular complexity index is 1340. The fraction of sp³-hybridized carbons (Fsp3) is 0.136. The number of hydrogen-bond donors (Lipinski definition) is 3. The van der Waals surface area contributed by atoms with Gasteiger partial charge in [-0.25, -0.2) is 22.0 Å². The zero-order valence-electron chi connectivity index (χ0n) is 17.7. The lowest BCUT2D eigenvalue weighted by molar-refractivity contribution is -0.123. The summed E-state index contributed by atoms with van der Waals surface area (Å²) in [6, 6.07) is 18.7. The quantitative estimate of drug-likeness (QED) is 0.420. The average molecular weight is 490 g/mol. The third kappa shape index (κ3) is 6.78. The maximum atomic E-state index is 12.6. The molecule has 0 aliphatic heterocycles. The van der Waals surface area contributed by atoms with Crippen molar-refractivity contribution in [2.24, 2.45) is 5.14 Å². The summed E-state index contributed by atoms with van der Waals surface area (Å²) >= 11 is 0. The summed E-state index contributed by atoms with van der Waals surface area (Å²) < 4.78 is 55.7. The second-order valence-corrected chi connectivity index (χ2v) is 10.4. The molecular weight excluding hydrogens is 466 g/mol. The van der Waals surface area contributed by atoms with Crippen molar-refractivity contribution >= 4 is 31.6 Å². The van der Waals surface area contributed by atoms with Crippen LogP contribution < -0.4 is 19.9 Å². The van der Waals surface area contributed by atoms with Gasteiger partial charge in [0.05, 0.1) is 9.79 Å². The number of anilines is 1. The molecule has 174 valence electrons. The first-order valence-electron chi connectivity index (χ1n) is 9.74. The molecule has 0 radical (unpaired) electrons. The smallest absolute Gasteiger partial charge is 0.261 e. The fourth-order valence-corrected chi connectivity index (χ4v) is 4.52. The van der Waals surface area contributed by atoms with E-state index in [1.54, 1.807) is 49.4 Å². The second kappa shape index (κ2) is 10.0. The third-order valence-electron chi connectivity index (χ3n) is 4.58. The van der Waals surface area contributed by atoms with Gasteiger partial charge in [-0.2, -0.15) is 0 Å². The van der Waals surface area contributed by atoms with E-state index in [4.69, 9.17) is 9.88 Å². The van der Waals surface area contributed by atoms with Gasteiger partial charge in [-0.1, -0.05) is 30.3 Å². The molecule has 0 aliphatic carbocycles. The minimum absolute atomic E-state index is 0.0131.